The smallest absolute Gasteiger partial charge is 0.296 e. The molecule has 0 heterocycles. The Hall–Kier alpha value is -0.909. The summed E-state index contributed by atoms with van der Waals surface area (Å²) in [4.78, 5) is -0.444. The summed E-state index contributed by atoms with van der Waals surface area (Å²) >= 11 is 6.14. The summed E-state index contributed by atoms with van der Waals surface area (Å²) in [5.74, 6) is -0.0863. The van der Waals surface area contributed by atoms with Crippen LogP contribution in [0.4, 0.5) is 11.4 Å². The maximum atomic E-state index is 11.7. The molecule has 0 unspecified atom stereocenters. The minimum atomic E-state index is -4.56. The molecular formula is C19H17BaClN2O4S. The first-order valence-electron chi connectivity index (χ1n) is 8.12. The van der Waals surface area contributed by atoms with Crippen LogP contribution in [0.2, 0.25) is 5.02 Å². The Labute approximate surface area is 208 Å². The third kappa shape index (κ3) is 4.98. The van der Waals surface area contributed by atoms with E-state index in [-0.39, 0.29) is 76.9 Å². The third-order valence-electron chi connectivity index (χ3n) is 4.12. The number of rotatable bonds is 4. The van der Waals surface area contributed by atoms with Gasteiger partial charge in [0.05, 0.1) is 0 Å². The van der Waals surface area contributed by atoms with Gasteiger partial charge in [-0.15, -0.1) is 10.2 Å². The number of benzene rings is 3. The summed E-state index contributed by atoms with van der Waals surface area (Å²) in [6, 6.07) is 13.1. The molecule has 0 saturated heterocycles. The number of nitrogens with zero attached hydrogens (tertiary/aromatic N) is 2. The number of azo groups is 1. The van der Waals surface area contributed by atoms with E-state index in [1.807, 2.05) is 26.0 Å². The van der Waals surface area contributed by atoms with E-state index in [4.69, 9.17) is 11.6 Å². The Morgan fingerprint density at radius 2 is 1.71 bits per heavy atom. The Morgan fingerprint density at radius 1 is 1.04 bits per heavy atom. The Balaban J connectivity index is 0.00000280. The summed E-state index contributed by atoms with van der Waals surface area (Å²) in [6.07, 6.45) is 0. The van der Waals surface area contributed by atoms with E-state index in [1.54, 1.807) is 18.2 Å². The molecule has 6 nitrogen and oxygen atoms in total. The van der Waals surface area contributed by atoms with Crippen molar-refractivity contribution < 1.29 is 18.1 Å². The topological polar surface area (TPSA) is 99.3 Å². The molecule has 0 bridgehead atoms. The first-order valence-corrected chi connectivity index (χ1v) is 9.93. The van der Waals surface area contributed by atoms with Crippen molar-refractivity contribution in [3.8, 4) is 5.75 Å². The fraction of sp³-hybridized carbons (Fsp3) is 0.158. The molecule has 3 rings (SSSR count). The van der Waals surface area contributed by atoms with Gasteiger partial charge in [-0.3, -0.25) is 4.55 Å². The quantitative estimate of drug-likeness (QED) is 0.255. The van der Waals surface area contributed by atoms with Crippen molar-refractivity contribution >= 4 is 92.7 Å². The minimum Gasteiger partial charge on any atom is -0.506 e. The Bertz CT molecular complexity index is 1160. The second kappa shape index (κ2) is 9.27. The van der Waals surface area contributed by atoms with Gasteiger partial charge in [0.25, 0.3) is 10.1 Å². The van der Waals surface area contributed by atoms with E-state index in [1.165, 1.54) is 12.1 Å². The molecule has 2 radical (unpaired) electrons. The van der Waals surface area contributed by atoms with Crippen LogP contribution in [0.15, 0.2) is 63.7 Å². The second-order valence-corrected chi connectivity index (χ2v) is 8.12. The molecule has 28 heavy (non-hydrogen) atoms. The van der Waals surface area contributed by atoms with Crippen LogP contribution in [0, 0.1) is 0 Å². The van der Waals surface area contributed by atoms with Gasteiger partial charge in [-0.05, 0) is 35.1 Å². The van der Waals surface area contributed by atoms with Crippen molar-refractivity contribution in [2.24, 2.45) is 10.2 Å². The molecule has 0 spiro atoms. The maximum absolute atomic E-state index is 11.7. The van der Waals surface area contributed by atoms with E-state index in [9.17, 15) is 18.1 Å². The molecule has 0 saturated carbocycles. The van der Waals surface area contributed by atoms with Gasteiger partial charge in [0, 0.05) is 59.3 Å². The molecule has 0 aromatic heterocycles. The molecule has 0 fully saturated rings. The number of hydrogen-bond acceptors (Lipinski definition) is 5. The predicted octanol–water partition coefficient (Wildman–Crippen LogP) is 5.60. The first-order chi connectivity index (χ1) is 12.7. The fourth-order valence-corrected chi connectivity index (χ4v) is 3.82. The van der Waals surface area contributed by atoms with E-state index >= 15 is 0 Å². The molecule has 3 aromatic rings. The molecule has 0 aliphatic rings. The van der Waals surface area contributed by atoms with Gasteiger partial charge in [-0.25, -0.2) is 0 Å². The molecular weight excluding hydrogens is 525 g/mol. The summed E-state index contributed by atoms with van der Waals surface area (Å²) in [5.41, 5.74) is 0.813. The van der Waals surface area contributed by atoms with Gasteiger partial charge in [0.15, 0.2) is 0 Å². The summed E-state index contributed by atoms with van der Waals surface area (Å²) in [5, 5.41) is 19.9. The average Bonchev–Trinajstić information content (AvgIpc) is 2.60. The van der Waals surface area contributed by atoms with Crippen LogP contribution in [0.5, 0.6) is 5.75 Å². The van der Waals surface area contributed by atoms with E-state index in [2.05, 4.69) is 10.2 Å². The van der Waals surface area contributed by atoms with Crippen molar-refractivity contribution in [3.05, 3.63) is 59.1 Å². The van der Waals surface area contributed by atoms with E-state index < -0.39 is 15.0 Å². The van der Waals surface area contributed by atoms with Crippen molar-refractivity contribution in [1.82, 2.24) is 0 Å². The molecule has 142 valence electrons. The normalized spacial score (nSPS) is 11.9. The molecule has 9 heteroatoms. The molecule has 0 aliphatic heterocycles. The van der Waals surface area contributed by atoms with Crippen LogP contribution in [-0.2, 0) is 10.1 Å². The zero-order chi connectivity index (χ0) is 19.8. The van der Waals surface area contributed by atoms with E-state index in [0.717, 1.165) is 11.5 Å². The maximum Gasteiger partial charge on any atom is 0.296 e. The standard InChI is InChI=1S/C19H17ClN2O4S.Ba/c1-11(2)14-9-16(18(10-15(14)20)27(24,25)26)21-22-19-13-6-4-3-5-12(13)7-8-17(19)23;/h3-11,23H,1-2H3,(H,24,25,26);. The number of aromatic hydroxyl groups is 1. The van der Waals surface area contributed by atoms with Gasteiger partial charge in [0.1, 0.15) is 22.0 Å². The van der Waals surface area contributed by atoms with Crippen LogP contribution in [-0.4, -0.2) is 67.0 Å². The molecule has 0 aliphatic carbocycles. The monoisotopic (exact) mass is 542 g/mol. The predicted molar refractivity (Wildman–Crippen MR) is 111 cm³/mol. The third-order valence-corrected chi connectivity index (χ3v) is 5.33. The van der Waals surface area contributed by atoms with Crippen molar-refractivity contribution in [3.63, 3.8) is 0 Å². The summed E-state index contributed by atoms with van der Waals surface area (Å²) < 4.78 is 33.0. The number of halogens is 1. The first kappa shape index (κ1) is 23.4. The summed E-state index contributed by atoms with van der Waals surface area (Å²) in [7, 11) is -4.56. The number of phenolic OH excluding ortho intramolecular Hbond substituents is 1. The molecule has 3 aromatic carbocycles. The number of fused-ring (bicyclic) bond motifs is 1. The van der Waals surface area contributed by atoms with Gasteiger partial charge in [-0.2, -0.15) is 8.42 Å². The minimum absolute atomic E-state index is 0. The number of phenols is 1. The Morgan fingerprint density at radius 3 is 2.36 bits per heavy atom. The van der Waals surface area contributed by atoms with Gasteiger partial charge in [-0.1, -0.05) is 55.8 Å². The summed E-state index contributed by atoms with van der Waals surface area (Å²) in [6.45, 7) is 3.79. The number of hydrogen-bond donors (Lipinski definition) is 2. The largest absolute Gasteiger partial charge is 0.506 e. The van der Waals surface area contributed by atoms with E-state index in [0.29, 0.717) is 10.9 Å². The Kier molecular flexibility index (Phi) is 7.74. The molecule has 2 N–H and O–H groups in total. The SMILES string of the molecule is CC(C)c1cc(N=Nc2c(O)ccc3ccccc23)c(S(=O)(=O)O)cc1Cl.[Ba]. The van der Waals surface area contributed by atoms with Gasteiger partial charge >= 0.3 is 0 Å². The van der Waals surface area contributed by atoms with Crippen LogP contribution in [0.3, 0.4) is 0 Å². The van der Waals surface area contributed by atoms with Crippen LogP contribution in [0.1, 0.15) is 25.3 Å². The molecule has 0 amide bonds. The average molecular weight is 542 g/mol. The van der Waals surface area contributed by atoms with Crippen molar-refractivity contribution in [2.75, 3.05) is 0 Å². The van der Waals surface area contributed by atoms with Crippen LogP contribution >= 0.6 is 11.6 Å². The van der Waals surface area contributed by atoms with Gasteiger partial charge in [0.2, 0.25) is 0 Å². The van der Waals surface area contributed by atoms with Crippen molar-refractivity contribution in [2.45, 2.75) is 24.7 Å². The zero-order valence-electron chi connectivity index (χ0n) is 15.3. The second-order valence-electron chi connectivity index (χ2n) is 6.33. The zero-order valence-corrected chi connectivity index (χ0v) is 21.3. The van der Waals surface area contributed by atoms with Crippen molar-refractivity contribution in [1.29, 1.82) is 0 Å². The van der Waals surface area contributed by atoms with Crippen LogP contribution in [0.25, 0.3) is 10.8 Å². The van der Waals surface area contributed by atoms with Crippen LogP contribution < -0.4 is 0 Å². The molecule has 0 atom stereocenters. The van der Waals surface area contributed by atoms with Gasteiger partial charge < -0.3 is 5.11 Å². The fourth-order valence-electron chi connectivity index (χ4n) is 2.74.